The number of esters is 1. The predicted molar refractivity (Wildman–Crippen MR) is 148 cm³/mol. The Morgan fingerprint density at radius 2 is 1.57 bits per heavy atom. The molecule has 0 spiro atoms. The van der Waals surface area contributed by atoms with Gasteiger partial charge in [-0.1, -0.05) is 31.9 Å². The van der Waals surface area contributed by atoms with Crippen LogP contribution in [0.15, 0.2) is 54.6 Å². The highest BCUT2D eigenvalue weighted by Gasteiger charge is 2.45. The van der Waals surface area contributed by atoms with Gasteiger partial charge in [-0.05, 0) is 74.9 Å². The molecule has 0 atom stereocenters. The van der Waals surface area contributed by atoms with Crippen LogP contribution in [-0.4, -0.2) is 37.9 Å². The maximum absolute atomic E-state index is 15.0. The normalized spacial score (nSPS) is 23.0. The summed E-state index contributed by atoms with van der Waals surface area (Å²) >= 11 is 0. The maximum atomic E-state index is 15.0. The average molecular weight is 631 g/mol. The van der Waals surface area contributed by atoms with E-state index < -0.39 is 42.2 Å². The molecule has 2 fully saturated rings. The number of halogens is 6. The van der Waals surface area contributed by atoms with E-state index in [-0.39, 0.29) is 41.7 Å². The highest BCUT2D eigenvalue weighted by Crippen LogP contribution is 2.42. The smallest absolute Gasteiger partial charge is 0.432 e. The summed E-state index contributed by atoms with van der Waals surface area (Å²) < 4.78 is 106. The molecule has 242 valence electrons. The monoisotopic (exact) mass is 630 g/mol. The van der Waals surface area contributed by atoms with Crippen LogP contribution in [-0.2, 0) is 9.47 Å². The molecule has 44 heavy (non-hydrogen) atoms. The topological polar surface area (TPSA) is 63.2 Å². The van der Waals surface area contributed by atoms with Crippen molar-refractivity contribution in [3.05, 3.63) is 66.0 Å². The second-order valence-corrected chi connectivity index (χ2v) is 11.0. The van der Waals surface area contributed by atoms with Gasteiger partial charge in [0.2, 0.25) is 0 Å². The van der Waals surface area contributed by atoms with Crippen LogP contribution in [0.25, 0.3) is 0 Å². The van der Waals surface area contributed by atoms with Crippen molar-refractivity contribution in [2.45, 2.75) is 77.1 Å². The molecule has 6 nitrogen and oxygen atoms in total. The molecule has 1 aliphatic carbocycles. The Hall–Kier alpha value is -3.25. The number of hydrogen-bond acceptors (Lipinski definition) is 6. The molecular weight excluding hydrogens is 594 g/mol. The molecule has 2 aromatic rings. The Morgan fingerprint density at radius 3 is 2.18 bits per heavy atom. The first-order chi connectivity index (χ1) is 20.9. The van der Waals surface area contributed by atoms with Crippen molar-refractivity contribution in [2.75, 3.05) is 13.2 Å². The van der Waals surface area contributed by atoms with Crippen molar-refractivity contribution in [2.24, 2.45) is 17.8 Å². The predicted octanol–water partition coefficient (Wildman–Crippen LogP) is 8.85. The summed E-state index contributed by atoms with van der Waals surface area (Å²) in [4.78, 5) is 12.4. The number of hydrogen-bond donors (Lipinski definition) is 0. The van der Waals surface area contributed by atoms with E-state index in [1.165, 1.54) is 43.5 Å². The fourth-order valence-electron chi connectivity index (χ4n) is 5.26. The molecule has 1 aliphatic heterocycles. The van der Waals surface area contributed by atoms with Crippen LogP contribution in [0.5, 0.6) is 17.2 Å². The quantitative estimate of drug-likeness (QED) is 0.0768. The van der Waals surface area contributed by atoms with E-state index in [1.54, 1.807) is 0 Å². The number of carbonyl (C=O) groups excluding carboxylic acids is 1. The summed E-state index contributed by atoms with van der Waals surface area (Å²) in [5.41, 5.74) is -0.0705. The molecule has 2 aliphatic rings. The van der Waals surface area contributed by atoms with Gasteiger partial charge in [0, 0.05) is 17.9 Å². The van der Waals surface area contributed by atoms with Crippen molar-refractivity contribution in [3.8, 4) is 17.2 Å². The van der Waals surface area contributed by atoms with Gasteiger partial charge in [-0.3, -0.25) is 0 Å². The zero-order valence-corrected chi connectivity index (χ0v) is 24.3. The van der Waals surface area contributed by atoms with E-state index in [4.69, 9.17) is 18.9 Å². The van der Waals surface area contributed by atoms with Gasteiger partial charge in [-0.25, -0.2) is 9.18 Å². The highest BCUT2D eigenvalue weighted by molar-refractivity contribution is 5.91. The second-order valence-electron chi connectivity index (χ2n) is 11.0. The van der Waals surface area contributed by atoms with Crippen LogP contribution in [0, 0.1) is 23.6 Å². The summed E-state index contributed by atoms with van der Waals surface area (Å²) in [6.07, 6.45) is 1.45. The van der Waals surface area contributed by atoms with E-state index in [1.807, 2.05) is 0 Å². The highest BCUT2D eigenvalue weighted by atomic mass is 19.4. The minimum atomic E-state index is -5.09. The minimum absolute atomic E-state index is 0.0312. The van der Waals surface area contributed by atoms with Crippen molar-refractivity contribution in [3.63, 3.8) is 0 Å². The summed E-state index contributed by atoms with van der Waals surface area (Å²) in [5, 5.41) is 0. The van der Waals surface area contributed by atoms with Gasteiger partial charge in [0.05, 0.1) is 24.7 Å². The van der Waals surface area contributed by atoms with Crippen LogP contribution in [0.1, 0.15) is 68.6 Å². The van der Waals surface area contributed by atoms with Crippen molar-refractivity contribution in [1.29, 1.82) is 0 Å². The first-order valence-corrected chi connectivity index (χ1v) is 14.8. The molecule has 0 N–H and O–H groups in total. The SMILES string of the molecule is CCCCC/C=C/C1COC(C2CCC(C(F)(F)Oc3ccc(C(=O)Oc4ccc(OC(F)(F)F)c(F)c4)cc3)CC2)OC1. The number of unbranched alkanes of at least 4 members (excludes halogenated alkanes) is 3. The molecule has 0 unspecified atom stereocenters. The average Bonchev–Trinajstić information content (AvgIpc) is 2.98. The first-order valence-electron chi connectivity index (χ1n) is 14.8. The lowest BCUT2D eigenvalue weighted by Crippen LogP contribution is -2.41. The third kappa shape index (κ3) is 9.88. The maximum Gasteiger partial charge on any atom is 0.573 e. The summed E-state index contributed by atoms with van der Waals surface area (Å²) in [7, 11) is 0. The lowest BCUT2D eigenvalue weighted by Gasteiger charge is -2.38. The summed E-state index contributed by atoms with van der Waals surface area (Å²) in [6, 6.07) is 6.87. The number of benzene rings is 2. The zero-order valence-electron chi connectivity index (χ0n) is 24.3. The molecule has 1 heterocycles. The zero-order chi connectivity index (χ0) is 31.7. The molecule has 12 heteroatoms. The number of alkyl halides is 5. The third-order valence-electron chi connectivity index (χ3n) is 7.65. The largest absolute Gasteiger partial charge is 0.573 e. The van der Waals surface area contributed by atoms with Gasteiger partial charge in [0.1, 0.15) is 11.5 Å². The molecular formula is C32H36F6O6. The van der Waals surface area contributed by atoms with Crippen LogP contribution in [0.3, 0.4) is 0 Å². The van der Waals surface area contributed by atoms with Gasteiger partial charge < -0.3 is 23.7 Å². The van der Waals surface area contributed by atoms with E-state index in [2.05, 4.69) is 23.8 Å². The standard InChI is InChI=1S/C32H36F6O6/c1-2-3-4-5-6-7-21-19-40-30(41-20-21)23-8-12-24(13-9-23)31(34,35)43-25-14-10-22(11-15-25)29(39)42-26-16-17-28(27(33)18-26)44-32(36,37)38/h6-7,10-11,14-18,21,23-24,30H,2-5,8-9,12-13,19-20H2,1H3/b7-6+. The second kappa shape index (κ2) is 15.2. The first kappa shape index (κ1) is 33.6. The fourth-order valence-corrected chi connectivity index (χ4v) is 5.26. The van der Waals surface area contributed by atoms with Crippen LogP contribution < -0.4 is 14.2 Å². The number of carbonyl (C=O) groups is 1. The lowest BCUT2D eigenvalue weighted by atomic mass is 9.80. The Balaban J connectivity index is 1.22. The molecule has 0 bridgehead atoms. The van der Waals surface area contributed by atoms with Crippen molar-refractivity contribution in [1.82, 2.24) is 0 Å². The van der Waals surface area contributed by atoms with Crippen LogP contribution in [0.2, 0.25) is 0 Å². The minimum Gasteiger partial charge on any atom is -0.432 e. The molecule has 0 amide bonds. The number of rotatable bonds is 12. The van der Waals surface area contributed by atoms with Crippen LogP contribution >= 0.6 is 0 Å². The molecule has 1 saturated heterocycles. The molecule has 4 rings (SSSR count). The number of allylic oxidation sites excluding steroid dienone is 1. The number of ether oxygens (including phenoxy) is 5. The Kier molecular flexibility index (Phi) is 11.6. The van der Waals surface area contributed by atoms with Gasteiger partial charge >= 0.3 is 18.4 Å². The van der Waals surface area contributed by atoms with Crippen molar-refractivity contribution >= 4 is 5.97 Å². The van der Waals surface area contributed by atoms with E-state index in [0.29, 0.717) is 38.2 Å². The van der Waals surface area contributed by atoms with E-state index in [0.717, 1.165) is 12.5 Å². The Morgan fingerprint density at radius 1 is 0.909 bits per heavy atom. The molecule has 0 radical (unpaired) electrons. The van der Waals surface area contributed by atoms with Crippen molar-refractivity contribution < 1.29 is 54.8 Å². The van der Waals surface area contributed by atoms with Gasteiger partial charge in [0.25, 0.3) is 0 Å². The van der Waals surface area contributed by atoms with Gasteiger partial charge in [0.15, 0.2) is 17.9 Å². The summed E-state index contributed by atoms with van der Waals surface area (Å²) in [5.74, 6) is -4.77. The van der Waals surface area contributed by atoms with E-state index in [9.17, 15) is 22.4 Å². The lowest BCUT2D eigenvalue weighted by molar-refractivity contribution is -0.275. The third-order valence-corrected chi connectivity index (χ3v) is 7.65. The van der Waals surface area contributed by atoms with Crippen LogP contribution in [0.4, 0.5) is 26.3 Å². The summed E-state index contributed by atoms with van der Waals surface area (Å²) in [6.45, 7) is 3.27. The molecule has 0 aromatic heterocycles. The van der Waals surface area contributed by atoms with E-state index >= 15 is 8.78 Å². The van der Waals surface area contributed by atoms with Gasteiger partial charge in [-0.15, -0.1) is 13.2 Å². The molecule has 2 aromatic carbocycles. The fraction of sp³-hybridized carbons (Fsp3) is 0.531. The molecule has 1 saturated carbocycles. The van der Waals surface area contributed by atoms with Gasteiger partial charge in [-0.2, -0.15) is 8.78 Å². The Labute approximate surface area is 252 Å². The Bertz CT molecular complexity index is 1230.